The molecule has 1 amide bonds. The van der Waals surface area contributed by atoms with Crippen molar-refractivity contribution in [1.29, 1.82) is 0 Å². The number of nitrogens with one attached hydrogen (secondary N) is 1. The second kappa shape index (κ2) is 5.24. The molecule has 1 heterocycles. The first kappa shape index (κ1) is 13.3. The molecule has 5 heteroatoms. The molecule has 1 unspecified atom stereocenters. The third-order valence-electron chi connectivity index (χ3n) is 3.29. The van der Waals surface area contributed by atoms with Crippen LogP contribution in [-0.4, -0.2) is 37.5 Å². The van der Waals surface area contributed by atoms with Gasteiger partial charge in [-0.1, -0.05) is 23.7 Å². The number of benzene rings is 1. The monoisotopic (exact) mass is 270 g/mol. The number of hydrogen-bond acceptors (Lipinski definition) is 2. The smallest absolute Gasteiger partial charge is 0.233 e. The lowest BCUT2D eigenvalue weighted by molar-refractivity contribution is -0.121. The molecule has 0 bridgehead atoms. The van der Waals surface area contributed by atoms with Crippen molar-refractivity contribution in [3.63, 3.8) is 0 Å². The van der Waals surface area contributed by atoms with E-state index in [1.54, 1.807) is 31.3 Å². The summed E-state index contributed by atoms with van der Waals surface area (Å²) < 4.78 is 14.8. The van der Waals surface area contributed by atoms with Crippen LogP contribution in [0, 0.1) is 0 Å². The molecule has 1 aromatic carbocycles. The highest BCUT2D eigenvalue weighted by Crippen LogP contribution is 2.36. The van der Waals surface area contributed by atoms with Gasteiger partial charge in [-0.2, -0.15) is 0 Å². The highest BCUT2D eigenvalue weighted by atomic mass is 35.5. The summed E-state index contributed by atoms with van der Waals surface area (Å²) in [4.78, 5) is 13.1. The first-order chi connectivity index (χ1) is 8.53. The van der Waals surface area contributed by atoms with Gasteiger partial charge in [-0.05, 0) is 24.1 Å². The van der Waals surface area contributed by atoms with Crippen molar-refractivity contribution < 1.29 is 9.18 Å². The van der Waals surface area contributed by atoms with Crippen molar-refractivity contribution in [2.45, 2.75) is 12.1 Å². The molecule has 1 saturated heterocycles. The zero-order valence-corrected chi connectivity index (χ0v) is 11.0. The molecule has 1 aliphatic heterocycles. The van der Waals surface area contributed by atoms with Crippen molar-refractivity contribution in [1.82, 2.24) is 10.2 Å². The van der Waals surface area contributed by atoms with Crippen LogP contribution in [0.1, 0.15) is 12.0 Å². The summed E-state index contributed by atoms with van der Waals surface area (Å²) in [6.45, 7) is 1.06. The molecule has 1 atom stereocenters. The molecule has 1 aromatic rings. The van der Waals surface area contributed by atoms with Crippen molar-refractivity contribution in [3.8, 4) is 0 Å². The van der Waals surface area contributed by atoms with Crippen LogP contribution >= 0.6 is 11.6 Å². The van der Waals surface area contributed by atoms with Crippen LogP contribution in [0.4, 0.5) is 4.39 Å². The molecule has 1 aliphatic rings. The number of carbonyl (C=O) groups is 1. The molecule has 0 aromatic heterocycles. The number of likely N-dealkylation sites (tertiary alicyclic amines) is 1. The molecule has 98 valence electrons. The van der Waals surface area contributed by atoms with Crippen LogP contribution in [0.15, 0.2) is 24.3 Å². The zero-order valence-electron chi connectivity index (χ0n) is 10.2. The maximum Gasteiger partial charge on any atom is 0.233 e. The van der Waals surface area contributed by atoms with Crippen LogP contribution in [0.3, 0.4) is 0 Å². The molecule has 0 spiro atoms. The largest absolute Gasteiger partial charge is 0.358 e. The Hall–Kier alpha value is -1.13. The first-order valence-electron chi connectivity index (χ1n) is 5.91. The lowest BCUT2D eigenvalue weighted by Crippen LogP contribution is -2.35. The van der Waals surface area contributed by atoms with Gasteiger partial charge in [-0.15, -0.1) is 0 Å². The highest BCUT2D eigenvalue weighted by molar-refractivity contribution is 6.30. The van der Waals surface area contributed by atoms with Crippen molar-refractivity contribution in [3.05, 3.63) is 34.9 Å². The van der Waals surface area contributed by atoms with E-state index in [2.05, 4.69) is 5.32 Å². The van der Waals surface area contributed by atoms with Gasteiger partial charge in [0.1, 0.15) is 5.67 Å². The minimum Gasteiger partial charge on any atom is -0.358 e. The van der Waals surface area contributed by atoms with Gasteiger partial charge in [-0.25, -0.2) is 4.39 Å². The van der Waals surface area contributed by atoms with Gasteiger partial charge in [-0.3, -0.25) is 9.69 Å². The van der Waals surface area contributed by atoms with Crippen LogP contribution in [0.25, 0.3) is 0 Å². The fourth-order valence-corrected chi connectivity index (χ4v) is 2.46. The molecule has 1 N–H and O–H groups in total. The fraction of sp³-hybridized carbons (Fsp3) is 0.462. The molecule has 18 heavy (non-hydrogen) atoms. The number of alkyl halides is 1. The van der Waals surface area contributed by atoms with E-state index >= 15 is 0 Å². The maximum atomic E-state index is 14.8. The Bertz CT molecular complexity index is 454. The third-order valence-corrected chi connectivity index (χ3v) is 3.52. The van der Waals surface area contributed by atoms with Gasteiger partial charge in [0.2, 0.25) is 5.91 Å². The second-order valence-corrected chi connectivity index (χ2v) is 5.05. The Morgan fingerprint density at radius 2 is 2.39 bits per heavy atom. The average molecular weight is 271 g/mol. The van der Waals surface area contributed by atoms with Gasteiger partial charge in [0.25, 0.3) is 0 Å². The normalized spacial score (nSPS) is 24.2. The Morgan fingerprint density at radius 3 is 3.06 bits per heavy atom. The Morgan fingerprint density at radius 1 is 1.61 bits per heavy atom. The standard InChI is InChI=1S/C13H16ClFN2O/c1-16-12(18)8-17-6-5-13(15,9-17)10-3-2-4-11(14)7-10/h2-4,7H,5-6,8-9H2,1H3,(H,16,18). The summed E-state index contributed by atoms with van der Waals surface area (Å²) in [6, 6.07) is 6.88. The lowest BCUT2D eigenvalue weighted by atomic mass is 9.95. The predicted molar refractivity (Wildman–Crippen MR) is 69.4 cm³/mol. The number of halogens is 2. The van der Waals surface area contributed by atoms with Crippen molar-refractivity contribution >= 4 is 17.5 Å². The number of nitrogens with zero attached hydrogens (tertiary/aromatic N) is 1. The van der Waals surface area contributed by atoms with Gasteiger partial charge >= 0.3 is 0 Å². The number of hydrogen-bond donors (Lipinski definition) is 1. The first-order valence-corrected chi connectivity index (χ1v) is 6.29. The number of carbonyl (C=O) groups excluding carboxylic acids is 1. The average Bonchev–Trinajstić information content (AvgIpc) is 2.72. The molecule has 2 rings (SSSR count). The van der Waals surface area contributed by atoms with Crippen molar-refractivity contribution in [2.75, 3.05) is 26.7 Å². The Balaban J connectivity index is 2.08. The molecular formula is C13H16ClFN2O. The summed E-state index contributed by atoms with van der Waals surface area (Å²) in [7, 11) is 1.58. The summed E-state index contributed by atoms with van der Waals surface area (Å²) in [6.07, 6.45) is 0.393. The number of likely N-dealkylation sites (N-methyl/N-ethyl adjacent to an activating group) is 1. The Kier molecular flexibility index (Phi) is 3.88. The van der Waals surface area contributed by atoms with Gasteiger partial charge in [0, 0.05) is 25.2 Å². The van der Waals surface area contributed by atoms with E-state index in [0.29, 0.717) is 23.6 Å². The molecule has 0 radical (unpaired) electrons. The molecular weight excluding hydrogens is 255 g/mol. The Labute approximate surface area is 111 Å². The molecule has 0 saturated carbocycles. The summed E-state index contributed by atoms with van der Waals surface area (Å²) in [5.74, 6) is -0.0923. The zero-order chi connectivity index (χ0) is 13.2. The van der Waals surface area contributed by atoms with Gasteiger partial charge in [0.05, 0.1) is 6.54 Å². The SMILES string of the molecule is CNC(=O)CN1CCC(F)(c2cccc(Cl)c2)C1. The summed E-state index contributed by atoms with van der Waals surface area (Å²) in [5, 5.41) is 3.08. The summed E-state index contributed by atoms with van der Waals surface area (Å²) >= 11 is 5.88. The number of rotatable bonds is 3. The van der Waals surface area contributed by atoms with Gasteiger partial charge < -0.3 is 5.32 Å². The van der Waals surface area contributed by atoms with E-state index in [1.807, 2.05) is 4.90 Å². The fourth-order valence-electron chi connectivity index (χ4n) is 2.27. The van der Waals surface area contributed by atoms with E-state index in [-0.39, 0.29) is 19.0 Å². The van der Waals surface area contributed by atoms with Crippen LogP contribution in [0.5, 0.6) is 0 Å². The van der Waals surface area contributed by atoms with E-state index in [4.69, 9.17) is 11.6 Å². The molecule has 1 fully saturated rings. The molecule has 3 nitrogen and oxygen atoms in total. The maximum absolute atomic E-state index is 14.8. The third kappa shape index (κ3) is 2.82. The molecule has 0 aliphatic carbocycles. The highest BCUT2D eigenvalue weighted by Gasteiger charge is 2.40. The minimum absolute atomic E-state index is 0.0923. The summed E-state index contributed by atoms with van der Waals surface area (Å²) in [5.41, 5.74) is -0.812. The van der Waals surface area contributed by atoms with Gasteiger partial charge in [0.15, 0.2) is 0 Å². The minimum atomic E-state index is -1.40. The number of amides is 1. The predicted octanol–water partition coefficient (Wildman–Crippen LogP) is 1.96. The van der Waals surface area contributed by atoms with Crippen LogP contribution in [0.2, 0.25) is 5.02 Å². The van der Waals surface area contributed by atoms with E-state index in [1.165, 1.54) is 0 Å². The second-order valence-electron chi connectivity index (χ2n) is 4.61. The van der Waals surface area contributed by atoms with E-state index in [0.717, 1.165) is 0 Å². The lowest BCUT2D eigenvalue weighted by Gasteiger charge is -2.21. The van der Waals surface area contributed by atoms with E-state index < -0.39 is 5.67 Å². The quantitative estimate of drug-likeness (QED) is 0.911. The van der Waals surface area contributed by atoms with Crippen LogP contribution < -0.4 is 5.32 Å². The topological polar surface area (TPSA) is 32.3 Å². The van der Waals surface area contributed by atoms with E-state index in [9.17, 15) is 9.18 Å². The van der Waals surface area contributed by atoms with Crippen molar-refractivity contribution in [2.24, 2.45) is 0 Å². The van der Waals surface area contributed by atoms with Crippen LogP contribution in [-0.2, 0) is 10.5 Å².